The van der Waals surface area contributed by atoms with E-state index in [0.717, 1.165) is 307 Å². The van der Waals surface area contributed by atoms with E-state index in [9.17, 15) is 21.9 Å². The van der Waals surface area contributed by atoms with Gasteiger partial charge in [-0.3, -0.25) is 9.97 Å². The molecule has 28 rings (SSSR count). The minimum absolute atomic E-state index is 0.0503. The average molecular weight is 2070 g/mol. The van der Waals surface area contributed by atoms with Crippen molar-refractivity contribution in [2.45, 2.75) is 242 Å². The van der Waals surface area contributed by atoms with Crippen molar-refractivity contribution in [3.63, 3.8) is 0 Å². The van der Waals surface area contributed by atoms with Gasteiger partial charge < -0.3 is 49.2 Å². The minimum Gasteiger partial charge on any atom is -0.389 e. The second-order valence-corrected chi connectivity index (χ2v) is 48.2. The van der Waals surface area contributed by atoms with Gasteiger partial charge in [-0.05, 0) is 128 Å². The number of hydrogen-bond acceptors (Lipinski definition) is 31. The SMILES string of the molecule is C[C@@H]1Cc2ncnc(C3CCN(S(=O)(=O)C4CC4)CC3)c2CN1c1ccnc2c1C=CC2.C[C@@H]1Cc2ncnc(N3CC(C#N)C3)c2CN1c1cc(Cl)nc2c1C=CC2.C[C@@H]1Cc2ncnc(N3CC(C#N)C3)c2CN1c1ccnc2c1C=CC2.C[C@@H]1Cc2ncnc(N3CC(O)C3)c2CN1c1cc(Cl)nc2c1C=CC2.C[C@@H]1Cc2ncnc(N3CC4CCC(C3)C4NS(=O)(=O)C3CC3)c2CN1c1cc(Cl)nc2c1C=CC2. The van der Waals surface area contributed by atoms with E-state index in [2.05, 4.69) is 233 Å². The van der Waals surface area contributed by atoms with Crippen LogP contribution in [0, 0.1) is 46.3 Å². The van der Waals surface area contributed by atoms with Crippen LogP contribution >= 0.6 is 34.8 Å². The zero-order valence-corrected chi connectivity index (χ0v) is 87.1. The van der Waals surface area contributed by atoms with Crippen molar-refractivity contribution in [3.8, 4) is 12.1 Å². The Morgan fingerprint density at radius 1 is 0.367 bits per heavy atom. The fourth-order valence-corrected chi connectivity index (χ4v) is 29.1. The van der Waals surface area contributed by atoms with Crippen molar-refractivity contribution in [2.75, 3.05) is 110 Å². The highest BCUT2D eigenvalue weighted by Crippen LogP contribution is 2.49. The molecule has 8 fully saturated rings. The second-order valence-electron chi connectivity index (χ2n) is 42.8. The summed E-state index contributed by atoms with van der Waals surface area (Å²) in [4.78, 5) is 89.7. The number of pyridine rings is 5. The molecule has 18 aliphatic rings. The molecule has 10 aromatic rings. The van der Waals surface area contributed by atoms with Crippen LogP contribution in [0.25, 0.3) is 30.4 Å². The topological polar surface area (TPSA) is 374 Å². The number of halogens is 3. The van der Waals surface area contributed by atoms with Crippen LogP contribution in [-0.2, 0) is 117 Å². The van der Waals surface area contributed by atoms with Crippen molar-refractivity contribution in [2.24, 2.45) is 23.7 Å². The van der Waals surface area contributed by atoms with Crippen molar-refractivity contribution in [3.05, 3.63) is 238 Å². The highest BCUT2D eigenvalue weighted by molar-refractivity contribution is 7.90. The monoisotopic (exact) mass is 2070 g/mol. The number of rotatable bonds is 15. The number of piperidine rings is 2. The minimum atomic E-state index is -3.18. The van der Waals surface area contributed by atoms with Gasteiger partial charge in [0.05, 0.1) is 103 Å². The van der Waals surface area contributed by atoms with Gasteiger partial charge in [-0.15, -0.1) is 0 Å². The third-order valence-electron chi connectivity index (χ3n) is 33.2. The van der Waals surface area contributed by atoms with Crippen LogP contribution in [0.1, 0.15) is 210 Å². The average Bonchev–Trinajstić information content (AvgIpc) is 1.73. The Bertz CT molecular complexity index is 7360. The summed E-state index contributed by atoms with van der Waals surface area (Å²) < 4.78 is 55.4. The third kappa shape index (κ3) is 18.7. The van der Waals surface area contributed by atoms with Crippen LogP contribution in [0.3, 0.4) is 0 Å². The van der Waals surface area contributed by atoms with E-state index >= 15 is 0 Å². The number of aliphatic hydroxyl groups is 1. The Morgan fingerprint density at radius 2 is 0.687 bits per heavy atom. The molecule has 38 heteroatoms. The summed E-state index contributed by atoms with van der Waals surface area (Å²) in [6, 6.07) is 16.5. The van der Waals surface area contributed by atoms with Gasteiger partial charge in [0, 0.05) is 301 Å². The molecule has 10 aromatic heterocycles. The van der Waals surface area contributed by atoms with Crippen molar-refractivity contribution in [1.29, 1.82) is 10.5 Å². The smallest absolute Gasteiger partial charge is 0.216 e. The molecule has 0 spiro atoms. The standard InChI is InChI=1S/C26H31ClN6O2S.C24H29N5O2S.C20H19ClN6.C20H20N6.C19H20ClN5O/c1-15-9-22-20(13-33(15)23-10-24(27)30-21-4-2-3-19(21)23)26(29-14-28-22)32-11-16-5-6-17(12-32)25(16)31-36(34,35)18-7-8-18;1-16-13-22-20(14-29(16)23-7-10-25-21-4-2-3-19(21)23)24(27-15-26-22)17-8-11-28(12-9-17)32(30,31)18-5-6-18;1-12-5-17-15(20(24-11-23-17)26-8-13(7-22)9-26)10-27(12)18-6-19(21)25-16-4-2-3-14(16)18;1-13-7-18-16(20(24-12-23-18)25-9-14(8-21)10-25)11-26(13)19-5-6-22-17-4-2-3-15(17)19;1-11-5-16-14(19(22-10-21-16)24-7-12(26)8-24)9-25(11)17-6-18(20)23-15-4-2-3-13(15)17/h2-3,10,14-18,25,31H,4-9,11-13H2,1H3;2-3,7,10,15-18H,4-6,8-9,11-14H2,1H3;2-3,6,11-13H,4-5,8-10H2,1H3;2-3,5-6,12-14H,4,7,9-11H2,1H3;2-3,6,10-12,26H,4-5,7-9H2,1H3/t15-,16?,17?,25?;16-;12-;13-;11-/m11111/s1. The number of aromatic nitrogens is 15. The lowest BCUT2D eigenvalue weighted by atomic mass is 9.87. The molecule has 147 heavy (non-hydrogen) atoms. The van der Waals surface area contributed by atoms with Gasteiger partial charge in [-0.2, -0.15) is 10.5 Å². The Labute approximate surface area is 872 Å². The zero-order chi connectivity index (χ0) is 101. The van der Waals surface area contributed by atoms with Gasteiger partial charge in [0.15, 0.2) is 0 Å². The first-order chi connectivity index (χ1) is 71.4. The fourth-order valence-electron chi connectivity index (χ4n) is 24.9. The highest BCUT2D eigenvalue weighted by Gasteiger charge is 2.50. The Balaban J connectivity index is 0.0000000989. The van der Waals surface area contributed by atoms with Gasteiger partial charge in [0.2, 0.25) is 20.0 Å². The molecule has 0 aromatic carbocycles. The normalized spacial score (nSPS) is 23.7. The third-order valence-corrected chi connectivity index (χ3v) is 38.1. The summed E-state index contributed by atoms with van der Waals surface area (Å²) in [6.07, 6.45) is 49.2. The van der Waals surface area contributed by atoms with E-state index in [1.807, 2.05) is 30.6 Å². The van der Waals surface area contributed by atoms with E-state index in [1.54, 1.807) is 35.9 Å². The Kier molecular flexibility index (Phi) is 26.1. The van der Waals surface area contributed by atoms with E-state index in [1.165, 1.54) is 50.3 Å². The van der Waals surface area contributed by atoms with Crippen molar-refractivity contribution in [1.82, 2.24) is 83.8 Å². The molecule has 3 saturated carbocycles. The predicted molar refractivity (Wildman–Crippen MR) is 570 cm³/mol. The first-order valence-electron chi connectivity index (χ1n) is 52.2. The lowest BCUT2D eigenvalue weighted by Crippen LogP contribution is -2.53. The summed E-state index contributed by atoms with van der Waals surface area (Å²) in [5.74, 6) is 5.05. The summed E-state index contributed by atoms with van der Waals surface area (Å²) in [6.45, 7) is 22.1. The quantitative estimate of drug-likeness (QED) is 0.0900. The largest absolute Gasteiger partial charge is 0.389 e. The fraction of sp³-hybridized carbons (Fsp3) is 0.477. The zero-order valence-electron chi connectivity index (χ0n) is 83.2. The predicted octanol–water partition coefficient (Wildman–Crippen LogP) is 14.0. The number of sulfonamides is 2. The van der Waals surface area contributed by atoms with Crippen molar-refractivity contribution < 1.29 is 21.9 Å². The number of nitrogens with zero attached hydrogens (tertiary/aromatic N) is 27. The first-order valence-corrected chi connectivity index (χ1v) is 56.4. The molecule has 0 radical (unpaired) electrons. The summed E-state index contributed by atoms with van der Waals surface area (Å²) in [7, 11) is -6.27. The summed E-state index contributed by atoms with van der Waals surface area (Å²) >= 11 is 19.0. The number of hydrogen-bond donors (Lipinski definition) is 2. The van der Waals surface area contributed by atoms with Crippen LogP contribution in [0.2, 0.25) is 15.5 Å². The van der Waals surface area contributed by atoms with Crippen LogP contribution in [0.15, 0.2) is 105 Å². The van der Waals surface area contributed by atoms with Crippen LogP contribution in [0.4, 0.5) is 51.7 Å². The van der Waals surface area contributed by atoms with E-state index in [4.69, 9.17) is 55.3 Å². The second kappa shape index (κ2) is 39.6. The Morgan fingerprint density at radius 3 is 1.04 bits per heavy atom. The van der Waals surface area contributed by atoms with Crippen LogP contribution < -0.4 is 48.8 Å². The summed E-state index contributed by atoms with van der Waals surface area (Å²) in [5.41, 5.74) is 29.9. The van der Waals surface area contributed by atoms with E-state index in [0.29, 0.717) is 77.6 Å². The number of nitriles is 2. The summed E-state index contributed by atoms with van der Waals surface area (Å²) in [5, 5.41) is 29.1. The lowest BCUT2D eigenvalue weighted by Gasteiger charge is -2.42. The number of β-amino-alcohol motifs (C(OH)–C–C–N with tert-alkyl or cyclic N) is 1. The molecular formula is C109H119Cl3N28O5S2. The van der Waals surface area contributed by atoms with E-state index < -0.39 is 20.0 Å². The number of nitrogens with one attached hydrogen (secondary N) is 1. The molecule has 2 unspecified atom stereocenters. The van der Waals surface area contributed by atoms with Gasteiger partial charge in [-0.25, -0.2) is 90.7 Å². The van der Waals surface area contributed by atoms with E-state index in [-0.39, 0.29) is 46.4 Å². The molecule has 5 saturated heterocycles. The molecule has 7 atom stereocenters. The first kappa shape index (κ1) is 96.8. The lowest BCUT2D eigenvalue weighted by molar-refractivity contribution is 0.141. The number of aliphatic hydroxyl groups excluding tert-OH is 1. The molecule has 2 bridgehead atoms. The molecule has 8 aliphatic carbocycles. The highest BCUT2D eigenvalue weighted by atomic mass is 35.5. The molecule has 20 heterocycles. The van der Waals surface area contributed by atoms with Gasteiger partial charge in [-0.1, -0.05) is 95.6 Å². The number of anilines is 9. The maximum absolute atomic E-state index is 12.7. The van der Waals surface area contributed by atoms with Crippen molar-refractivity contribution >= 4 is 137 Å². The molecule has 758 valence electrons. The molecule has 10 aliphatic heterocycles. The van der Waals surface area contributed by atoms with Gasteiger partial charge >= 0.3 is 0 Å². The van der Waals surface area contributed by atoms with Gasteiger partial charge in [0.1, 0.15) is 70.4 Å². The molecule has 2 N–H and O–H groups in total. The van der Waals surface area contributed by atoms with Gasteiger partial charge in [0.25, 0.3) is 0 Å². The molecule has 0 amide bonds. The maximum Gasteiger partial charge on any atom is 0.216 e. The maximum atomic E-state index is 12.7. The number of allylic oxidation sites excluding steroid dienone is 5. The molecular weight excluding hydrogens is 1950 g/mol. The van der Waals surface area contributed by atoms with Crippen LogP contribution in [0.5, 0.6) is 0 Å². The Hall–Kier alpha value is -12.3. The van der Waals surface area contributed by atoms with Crippen LogP contribution in [-0.4, -0.2) is 219 Å². The number of fused-ring (bicyclic) bond motifs is 12. The molecule has 33 nitrogen and oxygen atoms in total.